The molecule has 0 atom stereocenters. The van der Waals surface area contributed by atoms with Gasteiger partial charge in [0.05, 0.1) is 19.6 Å². The van der Waals surface area contributed by atoms with E-state index < -0.39 is 5.60 Å². The van der Waals surface area contributed by atoms with Crippen LogP contribution in [-0.2, 0) is 27.1 Å². The fourth-order valence-corrected chi connectivity index (χ4v) is 2.07. The molecule has 0 saturated heterocycles. The number of rotatable bonds is 8. The molecule has 0 spiro atoms. The largest absolute Gasteiger partial charge is 0.460 e. The van der Waals surface area contributed by atoms with Crippen LogP contribution in [0.3, 0.4) is 0 Å². The van der Waals surface area contributed by atoms with Crippen LogP contribution in [-0.4, -0.2) is 24.8 Å². The Bertz CT molecular complexity index is 432. The minimum Gasteiger partial charge on any atom is -0.460 e. The summed E-state index contributed by atoms with van der Waals surface area (Å²) in [6.07, 6.45) is 3.47. The summed E-state index contributed by atoms with van der Waals surface area (Å²) >= 11 is 0. The lowest BCUT2D eigenvalue weighted by Crippen LogP contribution is -2.24. The van der Waals surface area contributed by atoms with E-state index in [1.54, 1.807) is 0 Å². The van der Waals surface area contributed by atoms with Crippen molar-refractivity contribution in [2.75, 3.05) is 13.2 Å². The number of aryl methyl sites for hydroxylation is 1. The molecule has 3 heteroatoms. The molecule has 0 saturated carbocycles. The molecule has 21 heavy (non-hydrogen) atoms. The van der Waals surface area contributed by atoms with Crippen LogP contribution in [0.2, 0.25) is 0 Å². The zero-order valence-corrected chi connectivity index (χ0v) is 13.8. The summed E-state index contributed by atoms with van der Waals surface area (Å²) in [7, 11) is 0. The minimum absolute atomic E-state index is 0.201. The van der Waals surface area contributed by atoms with E-state index in [-0.39, 0.29) is 5.97 Å². The predicted molar refractivity (Wildman–Crippen MR) is 85.4 cm³/mol. The van der Waals surface area contributed by atoms with Crippen LogP contribution in [0.15, 0.2) is 24.3 Å². The van der Waals surface area contributed by atoms with Crippen molar-refractivity contribution >= 4 is 5.97 Å². The van der Waals surface area contributed by atoms with Gasteiger partial charge in [-0.3, -0.25) is 4.79 Å². The van der Waals surface area contributed by atoms with Crippen molar-refractivity contribution in [1.82, 2.24) is 0 Å². The number of carbonyl (C=O) groups is 1. The fourth-order valence-electron chi connectivity index (χ4n) is 2.07. The lowest BCUT2D eigenvalue weighted by molar-refractivity contribution is -0.156. The third-order valence-electron chi connectivity index (χ3n) is 2.94. The van der Waals surface area contributed by atoms with Crippen LogP contribution in [0.4, 0.5) is 0 Å². The SMILES string of the molecule is CCCc1cccc(CCOCCC(=O)OC(C)(C)C)c1. The normalized spacial score (nSPS) is 11.4. The Hall–Kier alpha value is -1.35. The molecule has 0 aliphatic rings. The lowest BCUT2D eigenvalue weighted by Gasteiger charge is -2.19. The van der Waals surface area contributed by atoms with Crippen molar-refractivity contribution in [3.05, 3.63) is 35.4 Å². The van der Waals surface area contributed by atoms with Crippen molar-refractivity contribution in [2.45, 2.75) is 59.0 Å². The van der Waals surface area contributed by atoms with Gasteiger partial charge in [0.25, 0.3) is 0 Å². The molecule has 0 heterocycles. The van der Waals surface area contributed by atoms with E-state index in [4.69, 9.17) is 9.47 Å². The Balaban J connectivity index is 2.19. The Morgan fingerprint density at radius 3 is 2.38 bits per heavy atom. The number of hydrogen-bond donors (Lipinski definition) is 0. The van der Waals surface area contributed by atoms with Gasteiger partial charge in [0.1, 0.15) is 5.60 Å². The van der Waals surface area contributed by atoms with Gasteiger partial charge < -0.3 is 9.47 Å². The van der Waals surface area contributed by atoms with E-state index in [0.29, 0.717) is 19.6 Å². The first kappa shape index (κ1) is 17.7. The monoisotopic (exact) mass is 292 g/mol. The van der Waals surface area contributed by atoms with E-state index >= 15 is 0 Å². The molecule has 0 amide bonds. The lowest BCUT2D eigenvalue weighted by atomic mass is 10.1. The maximum absolute atomic E-state index is 11.5. The fraction of sp³-hybridized carbons (Fsp3) is 0.611. The Kier molecular flexibility index (Phi) is 7.44. The van der Waals surface area contributed by atoms with Gasteiger partial charge in [0.15, 0.2) is 0 Å². The maximum Gasteiger partial charge on any atom is 0.308 e. The van der Waals surface area contributed by atoms with Gasteiger partial charge in [-0.05, 0) is 44.7 Å². The van der Waals surface area contributed by atoms with Crippen LogP contribution >= 0.6 is 0 Å². The van der Waals surface area contributed by atoms with Gasteiger partial charge in [-0.2, -0.15) is 0 Å². The van der Waals surface area contributed by atoms with Crippen LogP contribution in [0.25, 0.3) is 0 Å². The van der Waals surface area contributed by atoms with Crippen LogP contribution in [0, 0.1) is 0 Å². The predicted octanol–water partition coefficient (Wildman–Crippen LogP) is 3.93. The van der Waals surface area contributed by atoms with E-state index in [9.17, 15) is 4.79 Å². The second kappa shape index (κ2) is 8.83. The number of benzene rings is 1. The molecule has 0 N–H and O–H groups in total. The Morgan fingerprint density at radius 1 is 1.10 bits per heavy atom. The van der Waals surface area contributed by atoms with Crippen LogP contribution < -0.4 is 0 Å². The van der Waals surface area contributed by atoms with E-state index in [2.05, 4.69) is 31.2 Å². The zero-order valence-electron chi connectivity index (χ0n) is 13.8. The van der Waals surface area contributed by atoms with Gasteiger partial charge in [0.2, 0.25) is 0 Å². The number of ether oxygens (including phenoxy) is 2. The van der Waals surface area contributed by atoms with Gasteiger partial charge in [-0.1, -0.05) is 37.6 Å². The first-order chi connectivity index (χ1) is 9.90. The molecular weight excluding hydrogens is 264 g/mol. The second-order valence-electron chi connectivity index (χ2n) is 6.27. The Labute approximate surface area is 128 Å². The molecule has 1 aromatic carbocycles. The summed E-state index contributed by atoms with van der Waals surface area (Å²) in [6, 6.07) is 8.62. The minimum atomic E-state index is -0.420. The highest BCUT2D eigenvalue weighted by molar-refractivity contribution is 5.69. The standard InChI is InChI=1S/C18H28O3/c1-5-7-15-8-6-9-16(14-15)10-12-20-13-11-17(19)21-18(2,3)4/h6,8-9,14H,5,7,10-13H2,1-4H3. The van der Waals surface area contributed by atoms with Crippen LogP contribution in [0.1, 0.15) is 51.7 Å². The third kappa shape index (κ3) is 8.51. The molecule has 0 aliphatic heterocycles. The highest BCUT2D eigenvalue weighted by Gasteiger charge is 2.15. The van der Waals surface area contributed by atoms with Gasteiger partial charge in [0, 0.05) is 0 Å². The van der Waals surface area contributed by atoms with Gasteiger partial charge in [-0.15, -0.1) is 0 Å². The zero-order chi connectivity index (χ0) is 15.7. The molecule has 0 aliphatic carbocycles. The van der Waals surface area contributed by atoms with Crippen molar-refractivity contribution < 1.29 is 14.3 Å². The average molecular weight is 292 g/mol. The summed E-state index contributed by atoms with van der Waals surface area (Å²) in [5, 5.41) is 0. The Morgan fingerprint density at radius 2 is 1.76 bits per heavy atom. The number of hydrogen-bond acceptors (Lipinski definition) is 3. The average Bonchev–Trinajstić information content (AvgIpc) is 2.37. The van der Waals surface area contributed by atoms with Gasteiger partial charge in [-0.25, -0.2) is 0 Å². The third-order valence-corrected chi connectivity index (χ3v) is 2.94. The molecule has 0 aromatic heterocycles. The maximum atomic E-state index is 11.5. The van der Waals surface area contributed by atoms with Crippen molar-refractivity contribution in [3.63, 3.8) is 0 Å². The number of esters is 1. The quantitative estimate of drug-likeness (QED) is 0.538. The van der Waals surface area contributed by atoms with E-state index in [1.807, 2.05) is 20.8 Å². The van der Waals surface area contributed by atoms with Crippen molar-refractivity contribution in [2.24, 2.45) is 0 Å². The second-order valence-corrected chi connectivity index (χ2v) is 6.27. The molecule has 1 aromatic rings. The summed E-state index contributed by atoms with van der Waals surface area (Å²) in [5.41, 5.74) is 2.25. The van der Waals surface area contributed by atoms with Crippen molar-refractivity contribution in [1.29, 1.82) is 0 Å². The first-order valence-electron chi connectivity index (χ1n) is 7.78. The summed E-state index contributed by atoms with van der Waals surface area (Å²) < 4.78 is 10.7. The van der Waals surface area contributed by atoms with E-state index in [0.717, 1.165) is 19.3 Å². The molecule has 0 fully saturated rings. The molecule has 118 valence electrons. The molecule has 1 rings (SSSR count). The van der Waals surface area contributed by atoms with Crippen LogP contribution in [0.5, 0.6) is 0 Å². The molecule has 0 unspecified atom stereocenters. The molecule has 0 bridgehead atoms. The summed E-state index contributed by atoms with van der Waals surface area (Å²) in [6.45, 7) is 8.85. The smallest absolute Gasteiger partial charge is 0.308 e. The molecule has 3 nitrogen and oxygen atoms in total. The highest BCUT2D eigenvalue weighted by atomic mass is 16.6. The number of carbonyl (C=O) groups excluding carboxylic acids is 1. The first-order valence-corrected chi connectivity index (χ1v) is 7.78. The molecule has 0 radical (unpaired) electrons. The van der Waals surface area contributed by atoms with Gasteiger partial charge >= 0.3 is 5.97 Å². The molecular formula is C18H28O3. The van der Waals surface area contributed by atoms with Crippen molar-refractivity contribution in [3.8, 4) is 0 Å². The summed E-state index contributed by atoms with van der Waals surface area (Å²) in [4.78, 5) is 11.5. The van der Waals surface area contributed by atoms with E-state index in [1.165, 1.54) is 11.1 Å². The summed E-state index contributed by atoms with van der Waals surface area (Å²) in [5.74, 6) is -0.201. The highest BCUT2D eigenvalue weighted by Crippen LogP contribution is 2.09. The topological polar surface area (TPSA) is 35.5 Å².